The van der Waals surface area contributed by atoms with Crippen LogP contribution in [0.15, 0.2) is 30.3 Å². The monoisotopic (exact) mass is 195 g/mol. The summed E-state index contributed by atoms with van der Waals surface area (Å²) in [6.45, 7) is -0.173. The normalized spacial score (nSPS) is 12.4. The third-order valence-electron chi connectivity index (χ3n) is 1.96. The molecule has 1 N–H and O–H groups in total. The highest BCUT2D eigenvalue weighted by Crippen LogP contribution is 2.05. The second-order valence-corrected chi connectivity index (χ2v) is 3.19. The van der Waals surface area contributed by atoms with E-state index in [2.05, 4.69) is 0 Å². The Balaban J connectivity index is 2.34. The van der Waals surface area contributed by atoms with Gasteiger partial charge in [0.05, 0.1) is 6.10 Å². The van der Waals surface area contributed by atoms with Crippen molar-refractivity contribution in [3.63, 3.8) is 0 Å². The van der Waals surface area contributed by atoms with Gasteiger partial charge in [0, 0.05) is 11.3 Å². The number of nitrogens with zero attached hydrogens (tertiary/aromatic N) is 1. The number of hydrogen-bond donors (Lipinski definition) is 1. The lowest BCUT2D eigenvalue weighted by atomic mass is 10.1. The van der Waals surface area contributed by atoms with Crippen molar-refractivity contribution in [3.05, 3.63) is 46.0 Å². The van der Waals surface area contributed by atoms with Gasteiger partial charge < -0.3 is 5.11 Å². The maximum absolute atomic E-state index is 10.1. The summed E-state index contributed by atoms with van der Waals surface area (Å²) in [6.07, 6.45) is 0.0686. The Morgan fingerprint density at radius 1 is 1.36 bits per heavy atom. The first kappa shape index (κ1) is 10.7. The Kier molecular flexibility index (Phi) is 4.07. The van der Waals surface area contributed by atoms with E-state index in [1.807, 2.05) is 30.3 Å². The molecule has 0 aliphatic carbocycles. The molecule has 0 bridgehead atoms. The lowest BCUT2D eigenvalue weighted by molar-refractivity contribution is -0.482. The predicted octanol–water partition coefficient (Wildman–Crippen LogP) is 1.26. The van der Waals surface area contributed by atoms with Crippen molar-refractivity contribution in [2.24, 2.45) is 0 Å². The van der Waals surface area contributed by atoms with Crippen LogP contribution in [-0.2, 0) is 6.42 Å². The van der Waals surface area contributed by atoms with Crippen molar-refractivity contribution < 1.29 is 10.0 Å². The minimum atomic E-state index is -0.622. The minimum absolute atomic E-state index is 0.173. The molecule has 0 heterocycles. The van der Waals surface area contributed by atoms with Crippen molar-refractivity contribution in [1.29, 1.82) is 0 Å². The van der Waals surface area contributed by atoms with E-state index < -0.39 is 11.0 Å². The SMILES string of the molecule is O=[N+]([O-])CC[C@H](O)Cc1ccccc1. The Hall–Kier alpha value is -1.42. The third-order valence-corrected chi connectivity index (χ3v) is 1.96. The van der Waals surface area contributed by atoms with Crippen molar-refractivity contribution in [3.8, 4) is 0 Å². The zero-order chi connectivity index (χ0) is 10.4. The highest BCUT2D eigenvalue weighted by Gasteiger charge is 2.08. The maximum atomic E-state index is 10.1. The van der Waals surface area contributed by atoms with Crippen LogP contribution in [0.1, 0.15) is 12.0 Å². The minimum Gasteiger partial charge on any atom is -0.393 e. The zero-order valence-electron chi connectivity index (χ0n) is 7.80. The smallest absolute Gasteiger partial charge is 0.206 e. The van der Waals surface area contributed by atoms with Crippen LogP contribution in [0.25, 0.3) is 0 Å². The quantitative estimate of drug-likeness (QED) is 0.568. The van der Waals surface area contributed by atoms with E-state index in [4.69, 9.17) is 0 Å². The van der Waals surface area contributed by atoms with E-state index in [9.17, 15) is 15.2 Å². The Labute approximate surface area is 82.3 Å². The number of hydrogen-bond acceptors (Lipinski definition) is 3. The molecule has 1 aromatic rings. The van der Waals surface area contributed by atoms with E-state index in [1.165, 1.54) is 0 Å². The molecule has 0 spiro atoms. The van der Waals surface area contributed by atoms with Crippen LogP contribution in [0.2, 0.25) is 0 Å². The van der Waals surface area contributed by atoms with Crippen LogP contribution >= 0.6 is 0 Å². The fraction of sp³-hybridized carbons (Fsp3) is 0.400. The maximum Gasteiger partial charge on any atom is 0.206 e. The summed E-state index contributed by atoms with van der Waals surface area (Å²) < 4.78 is 0. The summed E-state index contributed by atoms with van der Waals surface area (Å²) in [5, 5.41) is 19.5. The largest absolute Gasteiger partial charge is 0.393 e. The molecule has 1 atom stereocenters. The van der Waals surface area contributed by atoms with Gasteiger partial charge in [-0.25, -0.2) is 0 Å². The van der Waals surface area contributed by atoms with Gasteiger partial charge >= 0.3 is 0 Å². The molecular weight excluding hydrogens is 182 g/mol. The molecule has 14 heavy (non-hydrogen) atoms. The number of nitro groups is 1. The van der Waals surface area contributed by atoms with Gasteiger partial charge in [-0.05, 0) is 12.0 Å². The van der Waals surface area contributed by atoms with Crippen LogP contribution in [0.5, 0.6) is 0 Å². The van der Waals surface area contributed by atoms with Crippen molar-refractivity contribution >= 4 is 0 Å². The van der Waals surface area contributed by atoms with Crippen LogP contribution in [-0.4, -0.2) is 22.7 Å². The Morgan fingerprint density at radius 2 is 2.00 bits per heavy atom. The van der Waals surface area contributed by atoms with Crippen molar-refractivity contribution in [2.45, 2.75) is 18.9 Å². The van der Waals surface area contributed by atoms with Gasteiger partial charge in [-0.3, -0.25) is 10.1 Å². The topological polar surface area (TPSA) is 63.4 Å². The van der Waals surface area contributed by atoms with E-state index >= 15 is 0 Å². The lowest BCUT2D eigenvalue weighted by Crippen LogP contribution is -2.15. The predicted molar refractivity (Wildman–Crippen MR) is 52.6 cm³/mol. The highest BCUT2D eigenvalue weighted by molar-refractivity contribution is 5.15. The van der Waals surface area contributed by atoms with Crippen LogP contribution in [0, 0.1) is 10.1 Å². The summed E-state index contributed by atoms with van der Waals surface area (Å²) >= 11 is 0. The second-order valence-electron chi connectivity index (χ2n) is 3.19. The first-order valence-corrected chi connectivity index (χ1v) is 4.52. The molecule has 0 fully saturated rings. The fourth-order valence-electron chi connectivity index (χ4n) is 1.24. The van der Waals surface area contributed by atoms with E-state index in [-0.39, 0.29) is 13.0 Å². The van der Waals surface area contributed by atoms with Gasteiger partial charge in [0.2, 0.25) is 6.54 Å². The fourth-order valence-corrected chi connectivity index (χ4v) is 1.24. The standard InChI is InChI=1S/C10H13NO3/c12-10(6-7-11(13)14)8-9-4-2-1-3-5-9/h1-5,10,12H,6-8H2/t10-/m0/s1. The molecule has 0 aliphatic rings. The molecule has 0 aliphatic heterocycles. The van der Waals surface area contributed by atoms with E-state index in [0.29, 0.717) is 6.42 Å². The van der Waals surface area contributed by atoms with Gasteiger partial charge in [0.15, 0.2) is 0 Å². The highest BCUT2D eigenvalue weighted by atomic mass is 16.6. The molecular formula is C10H13NO3. The molecule has 4 nitrogen and oxygen atoms in total. The number of rotatable bonds is 5. The summed E-state index contributed by atoms with van der Waals surface area (Å²) in [6, 6.07) is 9.46. The first-order valence-electron chi connectivity index (χ1n) is 4.52. The lowest BCUT2D eigenvalue weighted by Gasteiger charge is -2.07. The molecule has 0 saturated heterocycles. The molecule has 0 unspecified atom stereocenters. The molecule has 0 radical (unpaired) electrons. The molecule has 1 aromatic carbocycles. The van der Waals surface area contributed by atoms with Crippen LogP contribution in [0.4, 0.5) is 0 Å². The van der Waals surface area contributed by atoms with Crippen LogP contribution in [0.3, 0.4) is 0 Å². The summed E-state index contributed by atoms with van der Waals surface area (Å²) in [7, 11) is 0. The molecule has 76 valence electrons. The third kappa shape index (κ3) is 4.00. The van der Waals surface area contributed by atoms with Crippen LogP contribution < -0.4 is 0 Å². The van der Waals surface area contributed by atoms with Gasteiger partial charge in [0.25, 0.3) is 0 Å². The molecule has 0 aromatic heterocycles. The Bertz CT molecular complexity index is 287. The van der Waals surface area contributed by atoms with Gasteiger partial charge in [-0.2, -0.15) is 0 Å². The zero-order valence-corrected chi connectivity index (χ0v) is 7.80. The van der Waals surface area contributed by atoms with Crippen molar-refractivity contribution in [2.75, 3.05) is 6.54 Å². The molecule has 4 heteroatoms. The Morgan fingerprint density at radius 3 is 2.57 bits per heavy atom. The van der Waals surface area contributed by atoms with E-state index in [1.54, 1.807) is 0 Å². The second kappa shape index (κ2) is 5.34. The summed E-state index contributed by atoms with van der Waals surface area (Å²) in [4.78, 5) is 9.64. The summed E-state index contributed by atoms with van der Waals surface area (Å²) in [5.41, 5.74) is 1.00. The van der Waals surface area contributed by atoms with Gasteiger partial charge in [-0.15, -0.1) is 0 Å². The van der Waals surface area contributed by atoms with E-state index in [0.717, 1.165) is 5.56 Å². The molecule has 0 amide bonds. The van der Waals surface area contributed by atoms with Gasteiger partial charge in [-0.1, -0.05) is 30.3 Å². The number of benzene rings is 1. The molecule has 0 saturated carbocycles. The average Bonchev–Trinajstić information content (AvgIpc) is 2.16. The number of aliphatic hydroxyl groups excluding tert-OH is 1. The first-order chi connectivity index (χ1) is 6.68. The number of aliphatic hydroxyl groups is 1. The molecule has 1 rings (SSSR count). The summed E-state index contributed by atoms with van der Waals surface area (Å²) in [5.74, 6) is 0. The van der Waals surface area contributed by atoms with Crippen molar-refractivity contribution in [1.82, 2.24) is 0 Å². The average molecular weight is 195 g/mol. The van der Waals surface area contributed by atoms with Gasteiger partial charge in [0.1, 0.15) is 0 Å².